The Bertz CT molecular complexity index is 1830. The van der Waals surface area contributed by atoms with Crippen molar-refractivity contribution in [2.45, 2.75) is 19.3 Å². The van der Waals surface area contributed by atoms with E-state index in [9.17, 15) is 26.3 Å². The van der Waals surface area contributed by atoms with Crippen LogP contribution in [0.4, 0.5) is 26.3 Å². The van der Waals surface area contributed by atoms with Gasteiger partial charge in [0, 0.05) is 21.7 Å². The summed E-state index contributed by atoms with van der Waals surface area (Å²) >= 11 is 0. The standard InChI is InChI=1S/C29H16F6N2O/c1-15-10-21(23(29(33,34)35)14-22(15)28(30,31)32)26-19-11-16-6-2-3-7-17(16)12-20(19)27(37-36-26)25-13-18-8-4-5-9-24(18)38-25/h2-14H,1H3. The maximum atomic E-state index is 14.1. The number of hydrogen-bond acceptors (Lipinski definition) is 3. The largest absolute Gasteiger partial charge is 0.454 e. The van der Waals surface area contributed by atoms with Crippen LogP contribution < -0.4 is 0 Å². The number of benzene rings is 4. The average molecular weight is 522 g/mol. The number of hydrogen-bond donors (Lipinski definition) is 0. The predicted molar refractivity (Wildman–Crippen MR) is 132 cm³/mol. The van der Waals surface area contributed by atoms with Crippen LogP contribution in [0.15, 0.2) is 83.3 Å². The second-order valence-electron chi connectivity index (χ2n) is 9.00. The van der Waals surface area contributed by atoms with Crippen LogP contribution >= 0.6 is 0 Å². The zero-order chi connectivity index (χ0) is 26.8. The van der Waals surface area contributed by atoms with Crippen molar-refractivity contribution in [1.29, 1.82) is 0 Å². The highest BCUT2D eigenvalue weighted by Gasteiger charge is 2.40. The first kappa shape index (κ1) is 24.0. The summed E-state index contributed by atoms with van der Waals surface area (Å²) in [7, 11) is 0. The molecular formula is C29H16F6N2O. The number of alkyl halides is 6. The lowest BCUT2D eigenvalue weighted by Gasteiger charge is -2.19. The number of halogens is 6. The summed E-state index contributed by atoms with van der Waals surface area (Å²) < 4.78 is 88.8. The van der Waals surface area contributed by atoms with Crippen molar-refractivity contribution >= 4 is 32.5 Å². The molecule has 0 radical (unpaired) electrons. The molecule has 2 aromatic heterocycles. The van der Waals surface area contributed by atoms with E-state index in [0.717, 1.165) is 29.1 Å². The van der Waals surface area contributed by atoms with E-state index in [1.807, 2.05) is 30.3 Å². The average Bonchev–Trinajstić information content (AvgIpc) is 3.29. The highest BCUT2D eigenvalue weighted by molar-refractivity contribution is 6.08. The number of rotatable bonds is 2. The van der Waals surface area contributed by atoms with E-state index >= 15 is 0 Å². The number of fused-ring (bicyclic) bond motifs is 3. The Labute approximate surface area is 211 Å². The Morgan fingerprint density at radius 1 is 0.605 bits per heavy atom. The molecule has 6 aromatic rings. The van der Waals surface area contributed by atoms with Gasteiger partial charge >= 0.3 is 12.4 Å². The topological polar surface area (TPSA) is 38.9 Å². The third-order valence-electron chi connectivity index (χ3n) is 6.54. The number of aromatic nitrogens is 2. The Balaban J connectivity index is 1.70. The van der Waals surface area contributed by atoms with Crippen molar-refractivity contribution in [1.82, 2.24) is 10.2 Å². The molecule has 6 rings (SSSR count). The molecule has 0 spiro atoms. The summed E-state index contributed by atoms with van der Waals surface area (Å²) in [4.78, 5) is 0. The van der Waals surface area contributed by atoms with Crippen LogP contribution in [0.1, 0.15) is 16.7 Å². The summed E-state index contributed by atoms with van der Waals surface area (Å²) in [5.41, 5.74) is -2.88. The zero-order valence-electron chi connectivity index (χ0n) is 19.6. The van der Waals surface area contributed by atoms with Crippen LogP contribution in [0.5, 0.6) is 0 Å². The third kappa shape index (κ3) is 3.95. The molecule has 3 nitrogen and oxygen atoms in total. The van der Waals surface area contributed by atoms with E-state index in [4.69, 9.17) is 4.42 Å². The highest BCUT2D eigenvalue weighted by atomic mass is 19.4. The maximum Gasteiger partial charge on any atom is 0.417 e. The molecule has 0 N–H and O–H groups in total. The van der Waals surface area contributed by atoms with Gasteiger partial charge in [-0.25, -0.2) is 0 Å². The Kier molecular flexibility index (Phi) is 5.24. The first-order chi connectivity index (χ1) is 18.0. The van der Waals surface area contributed by atoms with Crippen molar-refractivity contribution in [3.05, 3.63) is 95.6 Å². The molecule has 0 unspecified atom stereocenters. The Morgan fingerprint density at radius 3 is 1.76 bits per heavy atom. The first-order valence-electron chi connectivity index (χ1n) is 11.5. The van der Waals surface area contributed by atoms with E-state index in [1.54, 1.807) is 36.4 Å². The molecule has 0 aliphatic rings. The van der Waals surface area contributed by atoms with Gasteiger partial charge in [0.05, 0.1) is 11.1 Å². The highest BCUT2D eigenvalue weighted by Crippen LogP contribution is 2.44. The lowest BCUT2D eigenvalue weighted by molar-refractivity contribution is -0.143. The molecule has 0 bridgehead atoms. The lowest BCUT2D eigenvalue weighted by atomic mass is 9.92. The smallest absolute Gasteiger partial charge is 0.417 e. The van der Waals surface area contributed by atoms with E-state index in [-0.39, 0.29) is 17.3 Å². The van der Waals surface area contributed by atoms with Gasteiger partial charge in [-0.05, 0) is 59.7 Å². The summed E-state index contributed by atoms with van der Waals surface area (Å²) in [6.07, 6.45) is -10.0. The second-order valence-corrected chi connectivity index (χ2v) is 9.00. The van der Waals surface area contributed by atoms with Gasteiger partial charge < -0.3 is 4.42 Å². The van der Waals surface area contributed by atoms with E-state index in [0.29, 0.717) is 27.8 Å². The maximum absolute atomic E-state index is 14.1. The van der Waals surface area contributed by atoms with Crippen molar-refractivity contribution in [2.24, 2.45) is 0 Å². The number of furan rings is 1. The van der Waals surface area contributed by atoms with Crippen molar-refractivity contribution in [2.75, 3.05) is 0 Å². The van der Waals surface area contributed by atoms with Gasteiger partial charge in [-0.3, -0.25) is 0 Å². The van der Waals surface area contributed by atoms with Gasteiger partial charge in [0.15, 0.2) is 5.76 Å². The monoisotopic (exact) mass is 522 g/mol. The van der Waals surface area contributed by atoms with Crippen LogP contribution in [0, 0.1) is 6.92 Å². The van der Waals surface area contributed by atoms with Crippen LogP contribution in [0.25, 0.3) is 55.2 Å². The van der Waals surface area contributed by atoms with E-state index < -0.39 is 29.0 Å². The summed E-state index contributed by atoms with van der Waals surface area (Å²) in [5, 5.41) is 11.5. The van der Waals surface area contributed by atoms with Gasteiger partial charge in [0.25, 0.3) is 0 Å². The normalized spacial score (nSPS) is 12.6. The Hall–Kier alpha value is -4.40. The minimum Gasteiger partial charge on any atom is -0.454 e. The Morgan fingerprint density at radius 2 is 1.16 bits per heavy atom. The zero-order valence-corrected chi connectivity index (χ0v) is 19.6. The third-order valence-corrected chi connectivity index (χ3v) is 6.54. The number of para-hydroxylation sites is 1. The van der Waals surface area contributed by atoms with Crippen molar-refractivity contribution in [3.8, 4) is 22.7 Å². The molecule has 0 fully saturated rings. The molecule has 0 saturated carbocycles. The lowest BCUT2D eigenvalue weighted by Crippen LogP contribution is -2.14. The number of nitrogens with zero attached hydrogens (tertiary/aromatic N) is 2. The molecule has 2 heterocycles. The molecule has 0 aliphatic heterocycles. The van der Waals surface area contributed by atoms with Crippen LogP contribution in [-0.2, 0) is 12.4 Å². The minimum atomic E-state index is -5.06. The van der Waals surface area contributed by atoms with Gasteiger partial charge in [-0.15, -0.1) is 10.2 Å². The SMILES string of the molecule is Cc1cc(-c2nnc(-c3cc4ccccc4o3)c3cc4ccccc4cc23)c(C(F)(F)F)cc1C(F)(F)F. The van der Waals surface area contributed by atoms with Gasteiger partial charge in [-0.2, -0.15) is 26.3 Å². The van der Waals surface area contributed by atoms with Gasteiger partial charge in [-0.1, -0.05) is 42.5 Å². The molecule has 38 heavy (non-hydrogen) atoms. The first-order valence-corrected chi connectivity index (χ1v) is 11.5. The molecular weight excluding hydrogens is 506 g/mol. The molecule has 190 valence electrons. The molecule has 4 aromatic carbocycles. The molecule has 0 atom stereocenters. The summed E-state index contributed by atoms with van der Waals surface area (Å²) in [6, 6.07) is 20.8. The molecule has 9 heteroatoms. The quantitative estimate of drug-likeness (QED) is 0.168. The molecule has 0 aliphatic carbocycles. The molecule has 0 saturated heterocycles. The predicted octanol–water partition coefficient (Wildman–Crippen LogP) is 9.21. The summed E-state index contributed by atoms with van der Waals surface area (Å²) in [6.45, 7) is 1.13. The fraction of sp³-hybridized carbons (Fsp3) is 0.103. The van der Waals surface area contributed by atoms with Crippen LogP contribution in [0.3, 0.4) is 0 Å². The summed E-state index contributed by atoms with van der Waals surface area (Å²) in [5.74, 6) is 0.366. The second kappa shape index (κ2) is 8.31. The van der Waals surface area contributed by atoms with E-state index in [1.165, 1.54) is 0 Å². The van der Waals surface area contributed by atoms with Gasteiger partial charge in [0.1, 0.15) is 17.0 Å². The van der Waals surface area contributed by atoms with Gasteiger partial charge in [0.2, 0.25) is 0 Å². The molecule has 0 amide bonds. The number of aryl methyl sites for hydroxylation is 1. The minimum absolute atomic E-state index is 0.145. The van der Waals surface area contributed by atoms with E-state index in [2.05, 4.69) is 10.2 Å². The van der Waals surface area contributed by atoms with Crippen molar-refractivity contribution < 1.29 is 30.8 Å². The van der Waals surface area contributed by atoms with Crippen LogP contribution in [-0.4, -0.2) is 10.2 Å². The fourth-order valence-electron chi connectivity index (χ4n) is 4.76. The fourth-order valence-corrected chi connectivity index (χ4v) is 4.76. The van der Waals surface area contributed by atoms with Crippen molar-refractivity contribution in [3.63, 3.8) is 0 Å². The van der Waals surface area contributed by atoms with Crippen LogP contribution in [0.2, 0.25) is 0 Å².